The zero-order chi connectivity index (χ0) is 11.9. The van der Waals surface area contributed by atoms with E-state index >= 15 is 0 Å². The van der Waals surface area contributed by atoms with E-state index in [4.69, 9.17) is 0 Å². The molecular formula is C8H14F3NO2S. The van der Waals surface area contributed by atoms with E-state index in [0.29, 0.717) is 6.42 Å². The second-order valence-electron chi connectivity index (χ2n) is 2.73. The highest BCUT2D eigenvalue weighted by atomic mass is 32.2. The summed E-state index contributed by atoms with van der Waals surface area (Å²) in [5, 5.41) is 2.70. The predicted octanol–water partition coefficient (Wildman–Crippen LogP) is 1.78. The van der Waals surface area contributed by atoms with Crippen LogP contribution in [0.2, 0.25) is 0 Å². The number of alkyl halides is 3. The molecule has 1 unspecified atom stereocenters. The molecule has 0 saturated heterocycles. The first-order valence-corrected chi connectivity index (χ1v) is 5.41. The van der Waals surface area contributed by atoms with Gasteiger partial charge in [0.1, 0.15) is 6.04 Å². The number of hydrogen-bond acceptors (Lipinski definition) is 4. The lowest BCUT2D eigenvalue weighted by Gasteiger charge is -2.14. The molecule has 0 saturated carbocycles. The second kappa shape index (κ2) is 6.95. The lowest BCUT2D eigenvalue weighted by molar-refractivity contribution is -0.143. The van der Waals surface area contributed by atoms with Gasteiger partial charge in [-0.3, -0.25) is 4.79 Å². The molecule has 0 aromatic rings. The van der Waals surface area contributed by atoms with Crippen LogP contribution in [0.3, 0.4) is 0 Å². The van der Waals surface area contributed by atoms with Gasteiger partial charge in [0.2, 0.25) is 0 Å². The lowest BCUT2D eigenvalue weighted by atomic mass is 10.2. The highest BCUT2D eigenvalue weighted by Gasteiger charge is 2.27. The van der Waals surface area contributed by atoms with E-state index in [9.17, 15) is 18.0 Å². The fourth-order valence-electron chi connectivity index (χ4n) is 0.937. The number of halogens is 3. The van der Waals surface area contributed by atoms with Crippen LogP contribution in [0.4, 0.5) is 13.2 Å². The molecule has 0 radical (unpaired) electrons. The molecule has 90 valence electrons. The molecular weight excluding hydrogens is 231 g/mol. The molecule has 1 atom stereocenters. The molecule has 0 aliphatic heterocycles. The monoisotopic (exact) mass is 245 g/mol. The van der Waals surface area contributed by atoms with E-state index in [-0.39, 0.29) is 24.1 Å². The first kappa shape index (κ1) is 14.6. The third-order valence-corrected chi connectivity index (χ3v) is 2.39. The fourth-order valence-corrected chi connectivity index (χ4v) is 1.39. The summed E-state index contributed by atoms with van der Waals surface area (Å²) in [6.07, 6.45) is 0.489. The van der Waals surface area contributed by atoms with E-state index < -0.39 is 17.5 Å². The number of ether oxygens (including phenoxy) is 1. The van der Waals surface area contributed by atoms with Crippen LogP contribution in [0.15, 0.2) is 0 Å². The van der Waals surface area contributed by atoms with Crippen LogP contribution in [-0.2, 0) is 9.53 Å². The van der Waals surface area contributed by atoms with Crippen molar-refractivity contribution in [2.24, 2.45) is 0 Å². The summed E-state index contributed by atoms with van der Waals surface area (Å²) >= 11 is -0.109. The van der Waals surface area contributed by atoms with Crippen LogP contribution in [0, 0.1) is 0 Å². The van der Waals surface area contributed by atoms with E-state index in [1.807, 2.05) is 0 Å². The number of methoxy groups -OCH3 is 1. The maximum atomic E-state index is 11.7. The van der Waals surface area contributed by atoms with Gasteiger partial charge in [0.05, 0.1) is 7.11 Å². The molecule has 7 heteroatoms. The minimum absolute atomic E-state index is 0.109. The van der Waals surface area contributed by atoms with Gasteiger partial charge in [-0.15, -0.1) is 0 Å². The van der Waals surface area contributed by atoms with Crippen molar-refractivity contribution in [2.75, 3.05) is 19.4 Å². The van der Waals surface area contributed by atoms with E-state index in [0.717, 1.165) is 0 Å². The Morgan fingerprint density at radius 1 is 1.53 bits per heavy atom. The Labute approximate surface area is 90.7 Å². The summed E-state index contributed by atoms with van der Waals surface area (Å²) in [5.41, 5.74) is -4.21. The SMILES string of the molecule is CCC(NCCSC(F)(F)F)C(=O)OC. The summed E-state index contributed by atoms with van der Waals surface area (Å²) in [6.45, 7) is 1.88. The van der Waals surface area contributed by atoms with Gasteiger partial charge in [-0.25, -0.2) is 0 Å². The topological polar surface area (TPSA) is 38.3 Å². The average Bonchev–Trinajstić information content (AvgIpc) is 2.15. The van der Waals surface area contributed by atoms with Crippen molar-refractivity contribution in [3.63, 3.8) is 0 Å². The maximum Gasteiger partial charge on any atom is 0.441 e. The summed E-state index contributed by atoms with van der Waals surface area (Å²) in [6, 6.07) is -0.524. The Balaban J connectivity index is 3.69. The van der Waals surface area contributed by atoms with Crippen LogP contribution in [0.5, 0.6) is 0 Å². The van der Waals surface area contributed by atoms with Crippen molar-refractivity contribution >= 4 is 17.7 Å². The number of hydrogen-bond donors (Lipinski definition) is 1. The molecule has 1 N–H and O–H groups in total. The largest absolute Gasteiger partial charge is 0.468 e. The van der Waals surface area contributed by atoms with E-state index in [1.165, 1.54) is 7.11 Å². The van der Waals surface area contributed by atoms with Crippen LogP contribution in [-0.4, -0.2) is 36.9 Å². The van der Waals surface area contributed by atoms with Crippen LogP contribution < -0.4 is 5.32 Å². The normalized spacial score (nSPS) is 13.7. The van der Waals surface area contributed by atoms with Crippen molar-refractivity contribution in [1.29, 1.82) is 0 Å². The van der Waals surface area contributed by atoms with Crippen LogP contribution in [0.25, 0.3) is 0 Å². The molecule has 0 aromatic carbocycles. The highest BCUT2D eigenvalue weighted by molar-refractivity contribution is 8.00. The van der Waals surface area contributed by atoms with E-state index in [1.54, 1.807) is 6.92 Å². The third-order valence-electron chi connectivity index (χ3n) is 1.65. The number of carbonyl (C=O) groups is 1. The average molecular weight is 245 g/mol. The first-order chi connectivity index (χ1) is 6.90. The van der Waals surface area contributed by atoms with Crippen molar-refractivity contribution in [1.82, 2.24) is 5.32 Å². The van der Waals surface area contributed by atoms with Gasteiger partial charge >= 0.3 is 11.5 Å². The molecule has 0 aliphatic rings. The smallest absolute Gasteiger partial charge is 0.441 e. The molecule has 0 amide bonds. The Morgan fingerprint density at radius 3 is 2.53 bits per heavy atom. The summed E-state index contributed by atoms with van der Waals surface area (Å²) in [7, 11) is 1.25. The lowest BCUT2D eigenvalue weighted by Crippen LogP contribution is -2.38. The quantitative estimate of drug-likeness (QED) is 0.572. The van der Waals surface area contributed by atoms with Gasteiger partial charge in [-0.2, -0.15) is 13.2 Å². The summed E-state index contributed by atoms with van der Waals surface area (Å²) < 4.78 is 39.7. The molecule has 0 aromatic heterocycles. The number of nitrogens with one attached hydrogen (secondary N) is 1. The zero-order valence-electron chi connectivity index (χ0n) is 8.56. The van der Waals surface area contributed by atoms with E-state index in [2.05, 4.69) is 10.1 Å². The minimum atomic E-state index is -4.21. The summed E-state index contributed by atoms with van der Waals surface area (Å²) in [5.74, 6) is -0.564. The predicted molar refractivity (Wildman–Crippen MR) is 52.6 cm³/mol. The Kier molecular flexibility index (Phi) is 6.75. The number of carbonyl (C=O) groups excluding carboxylic acids is 1. The Bertz CT molecular complexity index is 199. The van der Waals surface area contributed by atoms with Crippen molar-refractivity contribution < 1.29 is 22.7 Å². The van der Waals surface area contributed by atoms with Crippen molar-refractivity contribution in [2.45, 2.75) is 24.9 Å². The molecule has 0 heterocycles. The van der Waals surface area contributed by atoms with Gasteiger partial charge < -0.3 is 10.1 Å². The molecule has 3 nitrogen and oxygen atoms in total. The molecule has 0 spiro atoms. The maximum absolute atomic E-state index is 11.7. The number of thioether (sulfide) groups is 1. The van der Waals surface area contributed by atoms with Gasteiger partial charge in [0.25, 0.3) is 0 Å². The minimum Gasteiger partial charge on any atom is -0.468 e. The Morgan fingerprint density at radius 2 is 2.13 bits per heavy atom. The molecule has 0 bridgehead atoms. The molecule has 0 fully saturated rings. The number of esters is 1. The van der Waals surface area contributed by atoms with Gasteiger partial charge in [-0.1, -0.05) is 6.92 Å². The van der Waals surface area contributed by atoms with Crippen LogP contribution in [0.1, 0.15) is 13.3 Å². The van der Waals surface area contributed by atoms with Gasteiger partial charge in [-0.05, 0) is 18.2 Å². The molecule has 0 aliphatic carbocycles. The fraction of sp³-hybridized carbons (Fsp3) is 0.875. The third kappa shape index (κ3) is 7.49. The number of rotatable bonds is 6. The Hall–Kier alpha value is -0.430. The zero-order valence-corrected chi connectivity index (χ0v) is 9.37. The van der Waals surface area contributed by atoms with Crippen molar-refractivity contribution in [3.05, 3.63) is 0 Å². The second-order valence-corrected chi connectivity index (χ2v) is 3.89. The van der Waals surface area contributed by atoms with Gasteiger partial charge in [0, 0.05) is 12.3 Å². The van der Waals surface area contributed by atoms with Crippen molar-refractivity contribution in [3.8, 4) is 0 Å². The highest BCUT2D eigenvalue weighted by Crippen LogP contribution is 2.29. The first-order valence-electron chi connectivity index (χ1n) is 4.42. The summed E-state index contributed by atoms with van der Waals surface area (Å²) in [4.78, 5) is 11.0. The van der Waals surface area contributed by atoms with Crippen LogP contribution >= 0.6 is 11.8 Å². The molecule has 0 rings (SSSR count). The standard InChI is InChI=1S/C8H14F3NO2S/c1-3-6(7(13)14-2)12-4-5-15-8(9,10)11/h6,12H,3-5H2,1-2H3. The van der Waals surface area contributed by atoms with Gasteiger partial charge in [0.15, 0.2) is 0 Å². The molecule has 15 heavy (non-hydrogen) atoms.